The van der Waals surface area contributed by atoms with Crippen LogP contribution in [-0.4, -0.2) is 14.7 Å². The minimum atomic E-state index is -4.67. The maximum absolute atomic E-state index is 10.4. The molecular formula is C6H5ClNO6P. The number of nitrogens with zero attached hydrogens (tertiary/aromatic N) is 1. The van der Waals surface area contributed by atoms with Gasteiger partial charge in [-0.25, -0.2) is 4.57 Å². The predicted octanol–water partition coefficient (Wildman–Crippen LogP) is 1.72. The molecule has 7 nitrogen and oxygen atoms in total. The third-order valence-electron chi connectivity index (χ3n) is 1.34. The number of rotatable bonds is 3. The van der Waals surface area contributed by atoms with Gasteiger partial charge in [-0.1, -0.05) is 11.6 Å². The highest BCUT2D eigenvalue weighted by Crippen LogP contribution is 2.39. The first-order valence-electron chi connectivity index (χ1n) is 3.49. The van der Waals surface area contributed by atoms with Crippen LogP contribution in [0.5, 0.6) is 5.75 Å². The first kappa shape index (κ1) is 11.9. The molecule has 0 heterocycles. The van der Waals surface area contributed by atoms with E-state index in [0.29, 0.717) is 0 Å². The molecule has 0 spiro atoms. The summed E-state index contributed by atoms with van der Waals surface area (Å²) in [4.78, 5) is 26.5. The van der Waals surface area contributed by atoms with Crippen molar-refractivity contribution in [2.45, 2.75) is 0 Å². The van der Waals surface area contributed by atoms with Crippen LogP contribution >= 0.6 is 19.4 Å². The number of nitro benzene ring substituents is 1. The first-order valence-corrected chi connectivity index (χ1v) is 5.39. The van der Waals surface area contributed by atoms with Crippen molar-refractivity contribution in [3.05, 3.63) is 33.3 Å². The normalized spacial score (nSPS) is 11.1. The quantitative estimate of drug-likeness (QED) is 0.482. The maximum atomic E-state index is 10.4. The lowest BCUT2D eigenvalue weighted by atomic mass is 10.3. The van der Waals surface area contributed by atoms with Gasteiger partial charge in [0.15, 0.2) is 0 Å². The van der Waals surface area contributed by atoms with Crippen molar-refractivity contribution in [1.82, 2.24) is 0 Å². The van der Waals surface area contributed by atoms with Crippen molar-refractivity contribution in [3.8, 4) is 5.75 Å². The third kappa shape index (κ3) is 3.49. The molecule has 0 bridgehead atoms. The highest BCUT2D eigenvalue weighted by molar-refractivity contribution is 7.46. The fourth-order valence-electron chi connectivity index (χ4n) is 0.830. The van der Waals surface area contributed by atoms with Gasteiger partial charge in [-0.3, -0.25) is 19.9 Å². The highest BCUT2D eigenvalue weighted by Gasteiger charge is 2.18. The Hall–Kier alpha value is -1.14. The lowest BCUT2D eigenvalue weighted by molar-refractivity contribution is -0.384. The summed E-state index contributed by atoms with van der Waals surface area (Å²) < 4.78 is 14.6. The van der Waals surface area contributed by atoms with Gasteiger partial charge in [0.1, 0.15) is 10.8 Å². The van der Waals surface area contributed by atoms with Crippen LogP contribution in [0.4, 0.5) is 5.69 Å². The smallest absolute Gasteiger partial charge is 0.404 e. The summed E-state index contributed by atoms with van der Waals surface area (Å²) >= 11 is 5.48. The van der Waals surface area contributed by atoms with Crippen LogP contribution in [0, 0.1) is 10.1 Å². The zero-order chi connectivity index (χ0) is 11.6. The molecule has 2 N–H and O–H groups in total. The van der Waals surface area contributed by atoms with Gasteiger partial charge >= 0.3 is 7.82 Å². The zero-order valence-electron chi connectivity index (χ0n) is 7.03. The van der Waals surface area contributed by atoms with Gasteiger partial charge in [0, 0.05) is 12.1 Å². The number of phosphoric acid groups is 1. The first-order chi connectivity index (χ1) is 6.79. The second-order valence-corrected chi connectivity index (χ2v) is 4.02. The Morgan fingerprint density at radius 2 is 2.07 bits per heavy atom. The lowest BCUT2D eigenvalue weighted by Gasteiger charge is -2.06. The summed E-state index contributed by atoms with van der Waals surface area (Å²) in [5.41, 5.74) is -0.366. The monoisotopic (exact) mass is 253 g/mol. The molecule has 9 heteroatoms. The molecule has 0 radical (unpaired) electrons. The second kappa shape index (κ2) is 4.16. The number of hydrogen-bond donors (Lipinski definition) is 2. The molecular weight excluding hydrogens is 248 g/mol. The van der Waals surface area contributed by atoms with Gasteiger partial charge in [0.05, 0.1) is 4.92 Å². The van der Waals surface area contributed by atoms with Crippen LogP contribution in [0.1, 0.15) is 0 Å². The van der Waals surface area contributed by atoms with E-state index in [-0.39, 0.29) is 16.5 Å². The molecule has 1 rings (SSSR count). The molecule has 0 aliphatic rings. The van der Waals surface area contributed by atoms with Crippen molar-refractivity contribution in [3.63, 3.8) is 0 Å². The average Bonchev–Trinajstić information content (AvgIpc) is 1.99. The topological polar surface area (TPSA) is 110 Å². The highest BCUT2D eigenvalue weighted by atomic mass is 35.5. The SMILES string of the molecule is O=[N+]([O-])c1ccc(OP(=O)(O)O)cc1Cl. The molecule has 0 aliphatic carbocycles. The molecule has 0 aromatic heterocycles. The summed E-state index contributed by atoms with van der Waals surface area (Å²) in [5.74, 6) is -0.237. The van der Waals surface area contributed by atoms with E-state index < -0.39 is 12.7 Å². The predicted molar refractivity (Wildman–Crippen MR) is 50.8 cm³/mol. The lowest BCUT2D eigenvalue weighted by Crippen LogP contribution is -1.92. The standard InChI is InChI=1S/C6H5ClNO6P/c7-5-3-4(14-15(11,12)13)1-2-6(5)8(9)10/h1-3H,(H2,11,12,13). The number of benzene rings is 1. The van der Waals surface area contributed by atoms with Gasteiger partial charge in [-0.2, -0.15) is 0 Å². The van der Waals surface area contributed by atoms with Crippen molar-refractivity contribution >= 4 is 25.1 Å². The molecule has 82 valence electrons. The van der Waals surface area contributed by atoms with Crippen LogP contribution < -0.4 is 4.52 Å². The minimum absolute atomic E-state index is 0.237. The van der Waals surface area contributed by atoms with Crippen molar-refractivity contribution in [2.75, 3.05) is 0 Å². The summed E-state index contributed by atoms with van der Waals surface area (Å²) in [6.45, 7) is 0. The second-order valence-electron chi connectivity index (χ2n) is 2.45. The zero-order valence-corrected chi connectivity index (χ0v) is 8.68. The molecule has 15 heavy (non-hydrogen) atoms. The third-order valence-corrected chi connectivity index (χ3v) is 2.09. The van der Waals surface area contributed by atoms with E-state index in [1.807, 2.05) is 0 Å². The fraction of sp³-hybridized carbons (Fsp3) is 0. The molecule has 0 atom stereocenters. The summed E-state index contributed by atoms with van der Waals surface area (Å²) in [5, 5.41) is 10.1. The molecule has 0 amide bonds. The maximum Gasteiger partial charge on any atom is 0.524 e. The molecule has 0 saturated heterocycles. The molecule has 0 saturated carbocycles. The summed E-state index contributed by atoms with van der Waals surface area (Å²) in [7, 11) is -4.67. The van der Waals surface area contributed by atoms with Crippen LogP contribution in [-0.2, 0) is 4.57 Å². The van der Waals surface area contributed by atoms with Crippen molar-refractivity contribution < 1.29 is 23.8 Å². The van der Waals surface area contributed by atoms with Gasteiger partial charge < -0.3 is 4.52 Å². The van der Waals surface area contributed by atoms with E-state index in [1.54, 1.807) is 0 Å². The van der Waals surface area contributed by atoms with E-state index in [4.69, 9.17) is 21.4 Å². The van der Waals surface area contributed by atoms with E-state index in [2.05, 4.69) is 4.52 Å². The van der Waals surface area contributed by atoms with Gasteiger partial charge in [0.2, 0.25) is 0 Å². The Bertz CT molecular complexity index is 443. The van der Waals surface area contributed by atoms with E-state index in [9.17, 15) is 14.7 Å². The summed E-state index contributed by atoms with van der Waals surface area (Å²) in [6, 6.07) is 3.00. The Labute approximate surface area is 88.6 Å². The Morgan fingerprint density at radius 1 is 1.47 bits per heavy atom. The number of nitro groups is 1. The Morgan fingerprint density at radius 3 is 2.47 bits per heavy atom. The van der Waals surface area contributed by atoms with E-state index in [1.165, 1.54) is 0 Å². The number of halogens is 1. The molecule has 0 aliphatic heterocycles. The Balaban J connectivity index is 3.02. The number of phosphoric ester groups is 1. The van der Waals surface area contributed by atoms with Crippen molar-refractivity contribution in [1.29, 1.82) is 0 Å². The van der Waals surface area contributed by atoms with Crippen LogP contribution in [0.15, 0.2) is 18.2 Å². The molecule has 1 aromatic rings. The molecule has 0 fully saturated rings. The van der Waals surface area contributed by atoms with E-state index in [0.717, 1.165) is 18.2 Å². The van der Waals surface area contributed by atoms with Gasteiger partial charge in [0.25, 0.3) is 5.69 Å². The van der Waals surface area contributed by atoms with Crippen LogP contribution in [0.2, 0.25) is 5.02 Å². The number of hydrogen-bond acceptors (Lipinski definition) is 4. The molecule has 1 aromatic carbocycles. The van der Waals surface area contributed by atoms with Crippen molar-refractivity contribution in [2.24, 2.45) is 0 Å². The van der Waals surface area contributed by atoms with E-state index >= 15 is 0 Å². The van der Waals surface area contributed by atoms with Crippen LogP contribution in [0.25, 0.3) is 0 Å². The largest absolute Gasteiger partial charge is 0.524 e. The van der Waals surface area contributed by atoms with Gasteiger partial charge in [-0.15, -0.1) is 0 Å². The molecule has 0 unspecified atom stereocenters. The fourth-order valence-corrected chi connectivity index (χ4v) is 1.46. The van der Waals surface area contributed by atoms with Gasteiger partial charge in [-0.05, 0) is 6.07 Å². The summed E-state index contributed by atoms with van der Waals surface area (Å²) in [6.07, 6.45) is 0. The average molecular weight is 254 g/mol. The van der Waals surface area contributed by atoms with Crippen LogP contribution in [0.3, 0.4) is 0 Å². The minimum Gasteiger partial charge on any atom is -0.404 e. The Kier molecular flexibility index (Phi) is 3.31.